The third kappa shape index (κ3) is 1.75. The van der Waals surface area contributed by atoms with Crippen LogP contribution in [0.25, 0.3) is 0 Å². The number of rotatable bonds is 2. The van der Waals surface area contributed by atoms with Crippen LogP contribution in [0.1, 0.15) is 31.7 Å². The van der Waals surface area contributed by atoms with Crippen molar-refractivity contribution in [1.29, 1.82) is 0 Å². The van der Waals surface area contributed by atoms with Crippen molar-refractivity contribution in [1.82, 2.24) is 0 Å². The summed E-state index contributed by atoms with van der Waals surface area (Å²) in [4.78, 5) is 0. The molecule has 0 bridgehead atoms. The molecule has 1 aliphatic carbocycles. The van der Waals surface area contributed by atoms with Gasteiger partial charge in [-0.25, -0.2) is 4.39 Å². The molecule has 1 heterocycles. The van der Waals surface area contributed by atoms with E-state index >= 15 is 0 Å². The average Bonchev–Trinajstić information content (AvgIpc) is 3.12. The summed E-state index contributed by atoms with van der Waals surface area (Å²) in [7, 11) is 0. The number of hydrogen-bond acceptors (Lipinski definition) is 3. The summed E-state index contributed by atoms with van der Waals surface area (Å²) in [5, 5.41) is 0. The summed E-state index contributed by atoms with van der Waals surface area (Å²) in [6.07, 6.45) is 2.71. The highest BCUT2D eigenvalue weighted by Crippen LogP contribution is 2.52. The number of fused-ring (bicyclic) bond motifs is 1. The van der Waals surface area contributed by atoms with Crippen molar-refractivity contribution in [2.75, 3.05) is 13.2 Å². The van der Waals surface area contributed by atoms with Crippen molar-refractivity contribution in [3.8, 4) is 11.5 Å². The van der Waals surface area contributed by atoms with Crippen LogP contribution in [0.5, 0.6) is 11.5 Å². The first-order valence-electron chi connectivity index (χ1n) is 6.49. The molecule has 98 valence electrons. The molecule has 1 atom stereocenters. The van der Waals surface area contributed by atoms with Gasteiger partial charge < -0.3 is 15.2 Å². The molecule has 2 N–H and O–H groups in total. The van der Waals surface area contributed by atoms with Crippen LogP contribution < -0.4 is 15.2 Å². The van der Waals surface area contributed by atoms with Crippen LogP contribution in [-0.4, -0.2) is 19.3 Å². The highest BCUT2D eigenvalue weighted by molar-refractivity contribution is 5.48. The zero-order chi connectivity index (χ0) is 12.8. The predicted octanol–water partition coefficient (Wildman–Crippen LogP) is 2.37. The van der Waals surface area contributed by atoms with E-state index in [1.807, 2.05) is 6.92 Å². The fraction of sp³-hybridized carbons (Fsp3) is 0.571. The maximum Gasteiger partial charge on any atom is 0.164 e. The van der Waals surface area contributed by atoms with Gasteiger partial charge in [-0.2, -0.15) is 0 Å². The van der Waals surface area contributed by atoms with Gasteiger partial charge in [-0.15, -0.1) is 0 Å². The number of nitrogens with two attached hydrogens (primary N) is 1. The second kappa shape index (κ2) is 4.12. The van der Waals surface area contributed by atoms with Crippen molar-refractivity contribution in [3.05, 3.63) is 23.5 Å². The molecular weight excluding hydrogens is 233 g/mol. The molecular formula is C14H18FNO2. The Morgan fingerprint density at radius 3 is 2.39 bits per heavy atom. The molecule has 1 saturated carbocycles. The molecule has 1 fully saturated rings. The van der Waals surface area contributed by atoms with Gasteiger partial charge in [0.2, 0.25) is 0 Å². The first kappa shape index (κ1) is 11.8. The van der Waals surface area contributed by atoms with Gasteiger partial charge in [0, 0.05) is 23.9 Å². The summed E-state index contributed by atoms with van der Waals surface area (Å²) >= 11 is 0. The monoisotopic (exact) mass is 251 g/mol. The van der Waals surface area contributed by atoms with E-state index in [1.54, 1.807) is 6.07 Å². The van der Waals surface area contributed by atoms with Gasteiger partial charge in [-0.05, 0) is 31.4 Å². The SMILES string of the molecule is CC(N)C1(c2cc3c(cc2F)OCCCO3)CC1. The smallest absolute Gasteiger partial charge is 0.164 e. The van der Waals surface area contributed by atoms with Crippen LogP contribution in [0.15, 0.2) is 12.1 Å². The highest BCUT2D eigenvalue weighted by atomic mass is 19.1. The zero-order valence-electron chi connectivity index (χ0n) is 10.5. The molecule has 0 aromatic heterocycles. The van der Waals surface area contributed by atoms with E-state index in [2.05, 4.69) is 0 Å². The summed E-state index contributed by atoms with van der Waals surface area (Å²) in [6.45, 7) is 3.13. The fourth-order valence-electron chi connectivity index (χ4n) is 2.67. The largest absolute Gasteiger partial charge is 0.490 e. The fourth-order valence-corrected chi connectivity index (χ4v) is 2.67. The Labute approximate surface area is 106 Å². The Morgan fingerprint density at radius 1 is 1.22 bits per heavy atom. The number of halogens is 1. The van der Waals surface area contributed by atoms with Gasteiger partial charge in [-0.3, -0.25) is 0 Å². The molecule has 0 saturated heterocycles. The minimum absolute atomic E-state index is 0.0447. The second-order valence-electron chi connectivity index (χ2n) is 5.27. The summed E-state index contributed by atoms with van der Waals surface area (Å²) in [5.41, 5.74) is 6.48. The lowest BCUT2D eigenvalue weighted by atomic mass is 9.89. The summed E-state index contributed by atoms with van der Waals surface area (Å²) in [6, 6.07) is 3.18. The van der Waals surface area contributed by atoms with Crippen LogP contribution >= 0.6 is 0 Å². The van der Waals surface area contributed by atoms with Gasteiger partial charge >= 0.3 is 0 Å². The molecule has 0 radical (unpaired) electrons. The van der Waals surface area contributed by atoms with E-state index < -0.39 is 0 Å². The second-order valence-corrected chi connectivity index (χ2v) is 5.27. The first-order chi connectivity index (χ1) is 8.63. The van der Waals surface area contributed by atoms with E-state index in [9.17, 15) is 4.39 Å². The summed E-state index contributed by atoms with van der Waals surface area (Å²) in [5.74, 6) is 0.930. The molecule has 1 aliphatic heterocycles. The predicted molar refractivity (Wildman–Crippen MR) is 66.6 cm³/mol. The van der Waals surface area contributed by atoms with Gasteiger partial charge in [0.1, 0.15) is 5.82 Å². The van der Waals surface area contributed by atoms with Crippen LogP contribution in [-0.2, 0) is 5.41 Å². The minimum Gasteiger partial charge on any atom is -0.490 e. The normalized spacial score (nSPS) is 22.2. The van der Waals surface area contributed by atoms with Crippen LogP contribution in [0.2, 0.25) is 0 Å². The Hall–Kier alpha value is -1.29. The highest BCUT2D eigenvalue weighted by Gasteiger charge is 2.49. The lowest BCUT2D eigenvalue weighted by Gasteiger charge is -2.22. The third-order valence-electron chi connectivity index (χ3n) is 4.03. The van der Waals surface area contributed by atoms with Crippen molar-refractivity contribution in [2.24, 2.45) is 5.73 Å². The van der Waals surface area contributed by atoms with Crippen molar-refractivity contribution < 1.29 is 13.9 Å². The molecule has 3 nitrogen and oxygen atoms in total. The van der Waals surface area contributed by atoms with Gasteiger partial charge in [0.15, 0.2) is 11.5 Å². The molecule has 1 unspecified atom stereocenters. The molecule has 0 spiro atoms. The van der Waals surface area contributed by atoms with Gasteiger partial charge in [0.05, 0.1) is 13.2 Å². The van der Waals surface area contributed by atoms with Crippen LogP contribution in [0.4, 0.5) is 4.39 Å². The molecule has 1 aromatic carbocycles. The zero-order valence-corrected chi connectivity index (χ0v) is 10.5. The number of ether oxygens (including phenoxy) is 2. The van der Waals surface area contributed by atoms with E-state index in [-0.39, 0.29) is 17.3 Å². The lowest BCUT2D eigenvalue weighted by Crippen LogP contribution is -2.32. The maximum absolute atomic E-state index is 14.2. The average molecular weight is 251 g/mol. The molecule has 1 aromatic rings. The third-order valence-corrected chi connectivity index (χ3v) is 4.03. The van der Waals surface area contributed by atoms with Gasteiger partial charge in [0.25, 0.3) is 0 Å². The minimum atomic E-state index is -0.228. The Balaban J connectivity index is 2.04. The van der Waals surface area contributed by atoms with E-state index in [0.717, 1.165) is 19.3 Å². The lowest BCUT2D eigenvalue weighted by molar-refractivity contribution is 0.296. The number of hydrogen-bond donors (Lipinski definition) is 1. The van der Waals surface area contributed by atoms with E-state index in [4.69, 9.17) is 15.2 Å². The Bertz CT molecular complexity index is 469. The summed E-state index contributed by atoms with van der Waals surface area (Å²) < 4.78 is 25.3. The molecule has 2 aliphatic rings. The van der Waals surface area contributed by atoms with Crippen LogP contribution in [0.3, 0.4) is 0 Å². The van der Waals surface area contributed by atoms with Crippen molar-refractivity contribution in [2.45, 2.75) is 37.6 Å². The first-order valence-corrected chi connectivity index (χ1v) is 6.49. The number of benzene rings is 1. The Morgan fingerprint density at radius 2 is 1.83 bits per heavy atom. The van der Waals surface area contributed by atoms with Crippen molar-refractivity contribution in [3.63, 3.8) is 0 Å². The topological polar surface area (TPSA) is 44.5 Å². The standard InChI is InChI=1S/C14H18FNO2/c1-9(16)14(3-4-14)10-7-12-13(8-11(10)15)18-6-2-5-17-12/h7-9H,2-6,16H2,1H3. The molecule has 0 amide bonds. The maximum atomic E-state index is 14.2. The molecule has 3 rings (SSSR count). The molecule has 18 heavy (non-hydrogen) atoms. The quantitative estimate of drug-likeness (QED) is 0.877. The Kier molecular flexibility index (Phi) is 2.70. The van der Waals surface area contributed by atoms with Gasteiger partial charge in [-0.1, -0.05) is 0 Å². The molecule has 4 heteroatoms. The van der Waals surface area contributed by atoms with E-state index in [0.29, 0.717) is 30.3 Å². The van der Waals surface area contributed by atoms with Crippen molar-refractivity contribution >= 4 is 0 Å². The van der Waals surface area contributed by atoms with E-state index in [1.165, 1.54) is 6.07 Å². The van der Waals surface area contributed by atoms with Crippen LogP contribution in [0, 0.1) is 5.82 Å².